The van der Waals surface area contributed by atoms with Gasteiger partial charge in [-0.3, -0.25) is 0 Å². The Labute approximate surface area is 203 Å². The number of benzene rings is 2. The standard InChI is InChI=1S/C24H27FN2O5S2/c1-4-31-23(28)18(25)15-32-20-14-22-19(13-21(20)33-3)27(17-9-6-5-7-10-17)16-24(11-8-12-24)26(2)34(22,29)30/h5-7,9-10,13-15H,4,8,11-12,16H2,1-3H3/b18-15-. The summed E-state index contributed by atoms with van der Waals surface area (Å²) < 4.78 is 53.2. The van der Waals surface area contributed by atoms with E-state index in [1.807, 2.05) is 41.5 Å². The number of likely N-dealkylation sites (N-methyl/N-ethyl adjacent to an activating group) is 1. The number of esters is 1. The first-order chi connectivity index (χ1) is 16.2. The van der Waals surface area contributed by atoms with Gasteiger partial charge in [-0.05, 0) is 50.6 Å². The normalized spacial score (nSPS) is 19.2. The number of carbonyl (C=O) groups is 1. The monoisotopic (exact) mass is 506 g/mol. The molecule has 0 bridgehead atoms. The lowest BCUT2D eigenvalue weighted by atomic mass is 9.76. The molecule has 2 aromatic carbocycles. The van der Waals surface area contributed by atoms with Crippen LogP contribution in [0, 0.1) is 0 Å². The van der Waals surface area contributed by atoms with Gasteiger partial charge in [0.1, 0.15) is 16.9 Å². The quantitative estimate of drug-likeness (QED) is 0.240. The number of anilines is 2. The highest BCUT2D eigenvalue weighted by atomic mass is 32.2. The van der Waals surface area contributed by atoms with Gasteiger partial charge < -0.3 is 14.4 Å². The SMILES string of the molecule is CCOC(=O)/C(F)=C/Oc1cc2c(cc1SC)N(c1ccccc1)CC1(CCC1)N(C)S2(=O)=O. The topological polar surface area (TPSA) is 76.2 Å². The van der Waals surface area contributed by atoms with E-state index < -0.39 is 27.4 Å². The zero-order chi connectivity index (χ0) is 24.5. The maximum absolute atomic E-state index is 14.1. The number of carbonyl (C=O) groups excluding carboxylic acids is 1. The Morgan fingerprint density at radius 1 is 1.24 bits per heavy atom. The predicted molar refractivity (Wildman–Crippen MR) is 130 cm³/mol. The first-order valence-corrected chi connectivity index (χ1v) is 13.6. The summed E-state index contributed by atoms with van der Waals surface area (Å²) >= 11 is 1.34. The third-order valence-electron chi connectivity index (χ3n) is 6.41. The molecular formula is C24H27FN2O5S2. The molecule has 1 heterocycles. The van der Waals surface area contributed by atoms with Crippen molar-refractivity contribution in [2.24, 2.45) is 0 Å². The van der Waals surface area contributed by atoms with Gasteiger partial charge in [-0.15, -0.1) is 11.8 Å². The van der Waals surface area contributed by atoms with Crippen LogP contribution in [0.2, 0.25) is 0 Å². The lowest BCUT2D eigenvalue weighted by Crippen LogP contribution is -2.58. The average molecular weight is 507 g/mol. The lowest BCUT2D eigenvalue weighted by molar-refractivity contribution is -0.140. The van der Waals surface area contributed by atoms with E-state index in [0.717, 1.165) is 24.9 Å². The van der Waals surface area contributed by atoms with Crippen molar-refractivity contribution in [1.82, 2.24) is 4.31 Å². The Morgan fingerprint density at radius 2 is 1.94 bits per heavy atom. The molecule has 7 nitrogen and oxygen atoms in total. The van der Waals surface area contributed by atoms with Crippen molar-refractivity contribution in [3.05, 3.63) is 54.6 Å². The van der Waals surface area contributed by atoms with Gasteiger partial charge >= 0.3 is 5.97 Å². The van der Waals surface area contributed by atoms with Gasteiger partial charge in [-0.2, -0.15) is 8.70 Å². The second-order valence-electron chi connectivity index (χ2n) is 8.25. The van der Waals surface area contributed by atoms with E-state index in [0.29, 0.717) is 23.4 Å². The molecule has 1 aliphatic carbocycles. The summed E-state index contributed by atoms with van der Waals surface area (Å²) in [6.07, 6.45) is 4.96. The number of thioether (sulfide) groups is 1. The smallest absolute Gasteiger partial charge is 0.370 e. The second kappa shape index (κ2) is 9.59. The summed E-state index contributed by atoms with van der Waals surface area (Å²) in [4.78, 5) is 14.3. The molecule has 2 aliphatic rings. The second-order valence-corrected chi connectivity index (χ2v) is 11.0. The Bertz CT molecular complexity index is 1210. The predicted octanol–water partition coefficient (Wildman–Crippen LogP) is 4.86. The van der Waals surface area contributed by atoms with Crippen LogP contribution in [0.15, 0.2) is 64.3 Å². The number of fused-ring (bicyclic) bond motifs is 1. The van der Waals surface area contributed by atoms with E-state index >= 15 is 0 Å². The first-order valence-electron chi connectivity index (χ1n) is 11.0. The Balaban J connectivity index is 1.86. The van der Waals surface area contributed by atoms with Crippen molar-refractivity contribution in [3.8, 4) is 5.75 Å². The minimum atomic E-state index is -3.88. The summed E-state index contributed by atoms with van der Waals surface area (Å²) in [5.74, 6) is -2.21. The fourth-order valence-corrected chi connectivity index (χ4v) is 6.61. The van der Waals surface area contributed by atoms with Crippen molar-refractivity contribution in [2.75, 3.05) is 31.4 Å². The number of sulfonamides is 1. The fraction of sp³-hybridized carbons (Fsp3) is 0.375. The Hall–Kier alpha value is -2.56. The number of nitrogens with zero attached hydrogens (tertiary/aromatic N) is 2. The molecule has 0 N–H and O–H groups in total. The van der Waals surface area contributed by atoms with Gasteiger partial charge in [-0.1, -0.05) is 18.2 Å². The van der Waals surface area contributed by atoms with Crippen molar-refractivity contribution in [2.45, 2.75) is 41.5 Å². The van der Waals surface area contributed by atoms with Gasteiger partial charge in [0.2, 0.25) is 15.9 Å². The van der Waals surface area contributed by atoms with Gasteiger partial charge in [-0.25, -0.2) is 13.2 Å². The molecule has 0 amide bonds. The van der Waals surface area contributed by atoms with Crippen molar-refractivity contribution < 1.29 is 27.1 Å². The van der Waals surface area contributed by atoms with E-state index in [2.05, 4.69) is 4.74 Å². The summed E-state index contributed by atoms with van der Waals surface area (Å²) in [6.45, 7) is 2.11. The molecule has 1 fully saturated rings. The molecular weight excluding hydrogens is 479 g/mol. The number of halogens is 1. The van der Waals surface area contributed by atoms with E-state index in [1.165, 1.54) is 22.1 Å². The van der Waals surface area contributed by atoms with Crippen LogP contribution in [-0.2, 0) is 19.6 Å². The molecule has 1 aliphatic heterocycles. The van der Waals surface area contributed by atoms with Crippen molar-refractivity contribution >= 4 is 39.1 Å². The van der Waals surface area contributed by atoms with E-state index in [1.54, 1.807) is 20.0 Å². The number of hydrogen-bond acceptors (Lipinski definition) is 7. The molecule has 0 radical (unpaired) electrons. The molecule has 0 aromatic heterocycles. The molecule has 4 rings (SSSR count). The van der Waals surface area contributed by atoms with Crippen LogP contribution >= 0.6 is 11.8 Å². The number of para-hydroxylation sites is 1. The molecule has 0 unspecified atom stereocenters. The zero-order valence-electron chi connectivity index (χ0n) is 19.3. The Kier molecular flexibility index (Phi) is 6.93. The van der Waals surface area contributed by atoms with Gasteiger partial charge in [0, 0.05) is 25.3 Å². The van der Waals surface area contributed by atoms with Crippen LogP contribution in [0.25, 0.3) is 0 Å². The van der Waals surface area contributed by atoms with E-state index in [4.69, 9.17) is 4.74 Å². The summed E-state index contributed by atoms with van der Waals surface area (Å²) in [5, 5.41) is 0. The van der Waals surface area contributed by atoms with Gasteiger partial charge in [0.25, 0.3) is 0 Å². The zero-order valence-corrected chi connectivity index (χ0v) is 20.9. The highest BCUT2D eigenvalue weighted by Gasteiger charge is 2.51. The minimum Gasteiger partial charge on any atom is -0.461 e. The number of ether oxygens (including phenoxy) is 2. The van der Waals surface area contributed by atoms with Crippen LogP contribution in [0.1, 0.15) is 26.2 Å². The molecule has 2 aromatic rings. The third-order valence-corrected chi connectivity index (χ3v) is 9.16. The lowest BCUT2D eigenvalue weighted by Gasteiger charge is -2.48. The van der Waals surface area contributed by atoms with E-state index in [9.17, 15) is 17.6 Å². The Morgan fingerprint density at radius 3 is 2.53 bits per heavy atom. The number of hydrogen-bond donors (Lipinski definition) is 0. The van der Waals surface area contributed by atoms with Crippen LogP contribution in [0.3, 0.4) is 0 Å². The van der Waals surface area contributed by atoms with Crippen molar-refractivity contribution in [1.29, 1.82) is 0 Å². The molecule has 0 saturated heterocycles. The third kappa shape index (κ3) is 4.30. The molecule has 0 atom stereocenters. The maximum Gasteiger partial charge on any atom is 0.370 e. The first kappa shape index (κ1) is 24.6. The number of rotatable bonds is 6. The highest BCUT2D eigenvalue weighted by molar-refractivity contribution is 7.98. The van der Waals surface area contributed by atoms with Crippen LogP contribution in [0.5, 0.6) is 5.75 Å². The summed E-state index contributed by atoms with van der Waals surface area (Å²) in [6, 6.07) is 12.8. The van der Waals surface area contributed by atoms with Crippen molar-refractivity contribution in [3.63, 3.8) is 0 Å². The minimum absolute atomic E-state index is 0.0245. The molecule has 10 heteroatoms. The highest BCUT2D eigenvalue weighted by Crippen LogP contribution is 2.49. The summed E-state index contributed by atoms with van der Waals surface area (Å²) in [7, 11) is -2.26. The van der Waals surface area contributed by atoms with Gasteiger partial charge in [0.05, 0.1) is 22.7 Å². The van der Waals surface area contributed by atoms with Crippen LogP contribution in [0.4, 0.5) is 15.8 Å². The van der Waals surface area contributed by atoms with E-state index in [-0.39, 0.29) is 17.3 Å². The maximum atomic E-state index is 14.1. The largest absolute Gasteiger partial charge is 0.461 e. The molecule has 1 saturated carbocycles. The summed E-state index contributed by atoms with van der Waals surface area (Å²) in [5.41, 5.74) is 0.910. The van der Waals surface area contributed by atoms with Crippen LogP contribution < -0.4 is 9.64 Å². The average Bonchev–Trinajstić information content (AvgIpc) is 2.89. The van der Waals surface area contributed by atoms with Crippen LogP contribution in [-0.4, -0.2) is 50.7 Å². The molecule has 182 valence electrons. The molecule has 34 heavy (non-hydrogen) atoms. The fourth-order valence-electron chi connectivity index (χ4n) is 4.34. The van der Waals surface area contributed by atoms with Gasteiger partial charge in [0.15, 0.2) is 0 Å². The molecule has 1 spiro atoms.